The maximum atomic E-state index is 13.0. The number of nitrogens with zero attached hydrogens (tertiary/aromatic N) is 1. The van der Waals surface area contributed by atoms with Gasteiger partial charge in [0.1, 0.15) is 18.1 Å². The largest absolute Gasteiger partial charge is 0.507 e. The van der Waals surface area contributed by atoms with E-state index in [-0.39, 0.29) is 17.4 Å². The van der Waals surface area contributed by atoms with Crippen LogP contribution in [0.25, 0.3) is 5.76 Å². The molecule has 0 aliphatic carbocycles. The average Bonchev–Trinajstić information content (AvgIpc) is 3.05. The lowest BCUT2D eigenvalue weighted by atomic mass is 9.95. The second kappa shape index (κ2) is 10.8. The number of Topliss-reactive ketones (excluding diaryl/α,β-unsaturated/α-hetero) is 1. The minimum Gasteiger partial charge on any atom is -0.507 e. The fraction of sp³-hybridized carbons (Fsp3) is 0.308. The van der Waals surface area contributed by atoms with Crippen molar-refractivity contribution in [3.63, 3.8) is 0 Å². The van der Waals surface area contributed by atoms with Crippen LogP contribution in [0.5, 0.6) is 5.75 Å². The molecule has 0 radical (unpaired) electrons. The van der Waals surface area contributed by atoms with Gasteiger partial charge in [-0.2, -0.15) is 0 Å². The molecule has 1 fully saturated rings. The van der Waals surface area contributed by atoms with Gasteiger partial charge in [-0.25, -0.2) is 0 Å². The zero-order valence-electron chi connectivity index (χ0n) is 18.5. The van der Waals surface area contributed by atoms with Crippen molar-refractivity contribution in [3.05, 3.63) is 84.0 Å². The molecule has 1 heterocycles. The second-order valence-corrected chi connectivity index (χ2v) is 7.80. The van der Waals surface area contributed by atoms with E-state index in [1.807, 2.05) is 44.2 Å². The number of hydrogen-bond donors (Lipinski definition) is 1. The standard InChI is InChI=1S/C26H29NO5/c1-4-16-32-21-13-11-20(12-14-21)24(28)22-23(19-9-6-5-7-10-19)27(26(30)25(22)29)15-8-17-31-18(2)3/h4-7,9-14,18,23,28H,1,8,15-17H2,2-3H3. The number of aliphatic hydroxyl groups is 1. The molecule has 2 aromatic rings. The summed E-state index contributed by atoms with van der Waals surface area (Å²) in [7, 11) is 0. The molecule has 6 nitrogen and oxygen atoms in total. The molecule has 1 amide bonds. The highest BCUT2D eigenvalue weighted by Gasteiger charge is 2.45. The van der Waals surface area contributed by atoms with Gasteiger partial charge in [0.2, 0.25) is 0 Å². The van der Waals surface area contributed by atoms with Crippen LogP contribution in [0.15, 0.2) is 72.8 Å². The average molecular weight is 436 g/mol. The number of amides is 1. The number of benzene rings is 2. The molecule has 0 saturated carbocycles. The number of aliphatic hydroxyl groups excluding tert-OH is 1. The molecule has 0 aromatic heterocycles. The summed E-state index contributed by atoms with van der Waals surface area (Å²) in [6, 6.07) is 15.4. The molecule has 3 rings (SSSR count). The summed E-state index contributed by atoms with van der Waals surface area (Å²) in [5.41, 5.74) is 1.30. The van der Waals surface area contributed by atoms with Crippen molar-refractivity contribution in [1.82, 2.24) is 4.90 Å². The second-order valence-electron chi connectivity index (χ2n) is 7.80. The SMILES string of the molecule is C=CCOc1ccc(C(O)=C2C(=O)C(=O)N(CCCOC(C)C)C2c2ccccc2)cc1. The van der Waals surface area contributed by atoms with Crippen LogP contribution >= 0.6 is 0 Å². The summed E-state index contributed by atoms with van der Waals surface area (Å²) in [5.74, 6) is -0.885. The Bertz CT molecular complexity index is 979. The minimum atomic E-state index is -0.687. The molecule has 1 saturated heterocycles. The number of carbonyl (C=O) groups is 2. The van der Waals surface area contributed by atoms with Gasteiger partial charge in [-0.3, -0.25) is 9.59 Å². The van der Waals surface area contributed by atoms with Crippen LogP contribution in [0.2, 0.25) is 0 Å². The first kappa shape index (κ1) is 23.3. The minimum absolute atomic E-state index is 0.0886. The predicted octanol–water partition coefficient (Wildman–Crippen LogP) is 4.49. The zero-order chi connectivity index (χ0) is 23.1. The third-order valence-corrected chi connectivity index (χ3v) is 5.15. The van der Waals surface area contributed by atoms with E-state index in [0.717, 1.165) is 5.56 Å². The van der Waals surface area contributed by atoms with Crippen molar-refractivity contribution < 1.29 is 24.2 Å². The lowest BCUT2D eigenvalue weighted by Gasteiger charge is -2.25. The van der Waals surface area contributed by atoms with Crippen molar-refractivity contribution in [1.29, 1.82) is 0 Å². The summed E-state index contributed by atoms with van der Waals surface area (Å²) in [6.07, 6.45) is 2.32. The first-order valence-electron chi connectivity index (χ1n) is 10.7. The van der Waals surface area contributed by atoms with E-state index in [9.17, 15) is 14.7 Å². The first-order chi connectivity index (χ1) is 15.4. The first-order valence-corrected chi connectivity index (χ1v) is 10.7. The summed E-state index contributed by atoms with van der Waals surface area (Å²) in [4.78, 5) is 27.4. The van der Waals surface area contributed by atoms with Crippen LogP contribution in [0.4, 0.5) is 0 Å². The molecule has 0 bridgehead atoms. The fourth-order valence-electron chi connectivity index (χ4n) is 3.67. The number of likely N-dealkylation sites (tertiary alicyclic amines) is 1. The monoisotopic (exact) mass is 435 g/mol. The molecule has 1 atom stereocenters. The van der Waals surface area contributed by atoms with Gasteiger partial charge < -0.3 is 19.5 Å². The summed E-state index contributed by atoms with van der Waals surface area (Å²) < 4.78 is 11.1. The Morgan fingerprint density at radius 1 is 1.12 bits per heavy atom. The van der Waals surface area contributed by atoms with Gasteiger partial charge in [-0.15, -0.1) is 0 Å². The quantitative estimate of drug-likeness (QED) is 0.196. The highest BCUT2D eigenvalue weighted by atomic mass is 16.5. The zero-order valence-corrected chi connectivity index (χ0v) is 18.5. The molecular formula is C26H29NO5. The molecule has 32 heavy (non-hydrogen) atoms. The summed E-state index contributed by atoms with van der Waals surface area (Å²) >= 11 is 0. The van der Waals surface area contributed by atoms with Gasteiger partial charge in [-0.1, -0.05) is 43.0 Å². The molecule has 1 aliphatic rings. The normalized spacial score (nSPS) is 17.7. The molecular weight excluding hydrogens is 406 g/mol. The third kappa shape index (κ3) is 5.26. The van der Waals surface area contributed by atoms with Crippen LogP contribution < -0.4 is 4.74 Å². The Morgan fingerprint density at radius 3 is 2.44 bits per heavy atom. The van der Waals surface area contributed by atoms with Gasteiger partial charge in [0.25, 0.3) is 11.7 Å². The van der Waals surface area contributed by atoms with E-state index < -0.39 is 17.7 Å². The topological polar surface area (TPSA) is 76.1 Å². The van der Waals surface area contributed by atoms with E-state index in [2.05, 4.69) is 6.58 Å². The molecule has 0 spiro atoms. The fourth-order valence-corrected chi connectivity index (χ4v) is 3.67. The molecule has 168 valence electrons. The lowest BCUT2D eigenvalue weighted by molar-refractivity contribution is -0.140. The number of carbonyl (C=O) groups excluding carboxylic acids is 2. The Kier molecular flexibility index (Phi) is 7.84. The van der Waals surface area contributed by atoms with Gasteiger partial charge >= 0.3 is 0 Å². The molecule has 1 aliphatic heterocycles. The molecule has 6 heteroatoms. The molecule has 1 unspecified atom stereocenters. The van der Waals surface area contributed by atoms with E-state index in [1.165, 1.54) is 4.90 Å². The van der Waals surface area contributed by atoms with Gasteiger partial charge in [-0.05, 0) is 50.1 Å². The highest BCUT2D eigenvalue weighted by molar-refractivity contribution is 6.46. The van der Waals surface area contributed by atoms with Gasteiger partial charge in [0.05, 0.1) is 17.7 Å². The van der Waals surface area contributed by atoms with Crippen LogP contribution in [-0.4, -0.2) is 47.6 Å². The van der Waals surface area contributed by atoms with Crippen molar-refractivity contribution in [2.45, 2.75) is 32.4 Å². The Labute approximate surface area is 188 Å². The molecule has 1 N–H and O–H groups in total. The van der Waals surface area contributed by atoms with E-state index in [4.69, 9.17) is 9.47 Å². The molecule has 2 aromatic carbocycles. The van der Waals surface area contributed by atoms with Crippen molar-refractivity contribution in [3.8, 4) is 5.75 Å². The lowest BCUT2D eigenvalue weighted by Crippen LogP contribution is -2.31. The highest BCUT2D eigenvalue weighted by Crippen LogP contribution is 2.39. The summed E-state index contributed by atoms with van der Waals surface area (Å²) in [5, 5.41) is 11.1. The van der Waals surface area contributed by atoms with Gasteiger partial charge in [0, 0.05) is 18.7 Å². The van der Waals surface area contributed by atoms with Crippen molar-refractivity contribution in [2.24, 2.45) is 0 Å². The maximum absolute atomic E-state index is 13.0. The van der Waals surface area contributed by atoms with E-state index >= 15 is 0 Å². The Hall–Kier alpha value is -3.38. The number of ketones is 1. The number of ether oxygens (including phenoxy) is 2. The van der Waals surface area contributed by atoms with Crippen molar-refractivity contribution >= 4 is 17.4 Å². The van der Waals surface area contributed by atoms with E-state index in [1.54, 1.807) is 30.3 Å². The van der Waals surface area contributed by atoms with Crippen LogP contribution in [0.1, 0.15) is 37.4 Å². The van der Waals surface area contributed by atoms with Gasteiger partial charge in [0.15, 0.2) is 0 Å². The van der Waals surface area contributed by atoms with Crippen LogP contribution in [0, 0.1) is 0 Å². The Balaban J connectivity index is 1.95. The van der Waals surface area contributed by atoms with Crippen LogP contribution in [-0.2, 0) is 14.3 Å². The Morgan fingerprint density at radius 2 is 1.81 bits per heavy atom. The number of rotatable bonds is 10. The smallest absolute Gasteiger partial charge is 0.295 e. The summed E-state index contributed by atoms with van der Waals surface area (Å²) in [6.45, 7) is 8.71. The number of hydrogen-bond acceptors (Lipinski definition) is 5. The van der Waals surface area contributed by atoms with E-state index in [0.29, 0.717) is 37.5 Å². The predicted molar refractivity (Wildman–Crippen MR) is 123 cm³/mol. The van der Waals surface area contributed by atoms with Crippen molar-refractivity contribution in [2.75, 3.05) is 19.8 Å². The van der Waals surface area contributed by atoms with Crippen LogP contribution in [0.3, 0.4) is 0 Å². The third-order valence-electron chi connectivity index (χ3n) is 5.15. The maximum Gasteiger partial charge on any atom is 0.295 e.